The third kappa shape index (κ3) is 2.41. The molecule has 2 aliphatic rings. The zero-order valence-electron chi connectivity index (χ0n) is 9.86. The summed E-state index contributed by atoms with van der Waals surface area (Å²) in [6.07, 6.45) is 0.113. The minimum Gasteiger partial charge on any atom is -0.359 e. The summed E-state index contributed by atoms with van der Waals surface area (Å²) in [5.74, 6) is -0.520. The predicted octanol–water partition coefficient (Wildman–Crippen LogP) is -0.734. The summed E-state index contributed by atoms with van der Waals surface area (Å²) in [6, 6.07) is -0.664. The summed E-state index contributed by atoms with van der Waals surface area (Å²) in [5.41, 5.74) is 5.84. The second kappa shape index (κ2) is 4.60. The molecule has 1 aliphatic carbocycles. The molecule has 1 heterocycles. The van der Waals surface area contributed by atoms with Gasteiger partial charge in [0, 0.05) is 19.5 Å². The Balaban J connectivity index is 1.87. The number of rotatable bonds is 3. The van der Waals surface area contributed by atoms with Crippen LogP contribution >= 0.6 is 0 Å². The van der Waals surface area contributed by atoms with Crippen molar-refractivity contribution in [2.75, 3.05) is 20.1 Å². The number of carbonyl (C=O) groups excluding carboxylic acids is 2. The van der Waals surface area contributed by atoms with Crippen molar-refractivity contribution < 1.29 is 14.0 Å². The molecule has 0 aromatic carbocycles. The van der Waals surface area contributed by atoms with Crippen molar-refractivity contribution in [3.63, 3.8) is 0 Å². The van der Waals surface area contributed by atoms with E-state index in [1.807, 2.05) is 0 Å². The van der Waals surface area contributed by atoms with E-state index in [2.05, 4.69) is 5.32 Å². The third-order valence-electron chi connectivity index (χ3n) is 3.61. The van der Waals surface area contributed by atoms with Crippen molar-refractivity contribution in [3.05, 3.63) is 0 Å². The van der Waals surface area contributed by atoms with Crippen LogP contribution in [0.4, 0.5) is 4.39 Å². The van der Waals surface area contributed by atoms with Crippen molar-refractivity contribution >= 4 is 11.8 Å². The molecule has 1 saturated heterocycles. The van der Waals surface area contributed by atoms with Crippen LogP contribution in [0.15, 0.2) is 0 Å². The van der Waals surface area contributed by atoms with Gasteiger partial charge in [0.2, 0.25) is 11.8 Å². The van der Waals surface area contributed by atoms with Gasteiger partial charge in [-0.25, -0.2) is 4.39 Å². The normalized spacial score (nSPS) is 33.4. The molecule has 0 radical (unpaired) electrons. The monoisotopic (exact) mass is 243 g/mol. The molecule has 5 nitrogen and oxygen atoms in total. The molecule has 6 heteroatoms. The topological polar surface area (TPSA) is 75.4 Å². The number of nitrogens with zero attached hydrogens (tertiary/aromatic N) is 1. The smallest absolute Gasteiger partial charge is 0.239 e. The van der Waals surface area contributed by atoms with E-state index in [0.29, 0.717) is 19.4 Å². The Morgan fingerprint density at radius 2 is 2.24 bits per heavy atom. The Morgan fingerprint density at radius 3 is 2.76 bits per heavy atom. The van der Waals surface area contributed by atoms with Crippen LogP contribution in [0.25, 0.3) is 0 Å². The van der Waals surface area contributed by atoms with E-state index < -0.39 is 12.2 Å². The third-order valence-corrected chi connectivity index (χ3v) is 3.61. The number of nitrogens with one attached hydrogen (secondary N) is 1. The highest BCUT2D eigenvalue weighted by atomic mass is 19.1. The number of likely N-dealkylation sites (tertiary alicyclic amines) is 1. The van der Waals surface area contributed by atoms with Crippen molar-refractivity contribution in [1.82, 2.24) is 10.2 Å². The molecule has 1 saturated carbocycles. The van der Waals surface area contributed by atoms with Crippen LogP contribution in [0, 0.1) is 11.8 Å². The summed E-state index contributed by atoms with van der Waals surface area (Å²) in [4.78, 5) is 24.7. The maximum atomic E-state index is 13.0. The molecule has 4 atom stereocenters. The van der Waals surface area contributed by atoms with Crippen molar-refractivity contribution in [1.29, 1.82) is 0 Å². The van der Waals surface area contributed by atoms with E-state index in [-0.39, 0.29) is 30.2 Å². The van der Waals surface area contributed by atoms with E-state index in [1.54, 1.807) is 7.05 Å². The van der Waals surface area contributed by atoms with Crippen LogP contribution in [-0.4, -0.2) is 49.1 Å². The van der Waals surface area contributed by atoms with Gasteiger partial charge < -0.3 is 16.0 Å². The molecule has 96 valence electrons. The van der Waals surface area contributed by atoms with Crippen LogP contribution in [0.3, 0.4) is 0 Å². The first-order valence-electron chi connectivity index (χ1n) is 5.94. The largest absolute Gasteiger partial charge is 0.359 e. The quantitative estimate of drug-likeness (QED) is 0.686. The number of hydrogen-bond donors (Lipinski definition) is 2. The number of alkyl halides is 1. The fourth-order valence-electron chi connectivity index (χ4n) is 2.41. The molecule has 17 heavy (non-hydrogen) atoms. The number of nitrogens with two attached hydrogens (primary N) is 1. The lowest BCUT2D eigenvalue weighted by molar-refractivity contribution is -0.132. The van der Waals surface area contributed by atoms with E-state index >= 15 is 0 Å². The summed E-state index contributed by atoms with van der Waals surface area (Å²) >= 11 is 0. The summed E-state index contributed by atoms with van der Waals surface area (Å²) in [5, 5.41) is 2.55. The van der Waals surface area contributed by atoms with E-state index in [0.717, 1.165) is 0 Å². The molecule has 0 spiro atoms. The molecular weight excluding hydrogens is 225 g/mol. The van der Waals surface area contributed by atoms with E-state index in [1.165, 1.54) is 4.90 Å². The Bertz CT molecular complexity index is 337. The molecule has 2 amide bonds. The van der Waals surface area contributed by atoms with Gasteiger partial charge >= 0.3 is 0 Å². The maximum absolute atomic E-state index is 13.0. The fourth-order valence-corrected chi connectivity index (χ4v) is 2.41. The van der Waals surface area contributed by atoms with Crippen LogP contribution in [0.1, 0.15) is 12.8 Å². The molecule has 0 aromatic rings. The molecule has 2 rings (SSSR count). The zero-order valence-corrected chi connectivity index (χ0v) is 9.86. The van der Waals surface area contributed by atoms with Gasteiger partial charge in [-0.2, -0.15) is 0 Å². The zero-order chi connectivity index (χ0) is 12.6. The second-order valence-corrected chi connectivity index (χ2v) is 4.82. The molecule has 3 N–H and O–H groups in total. The van der Waals surface area contributed by atoms with Crippen molar-refractivity contribution in [3.8, 4) is 0 Å². The molecule has 1 unspecified atom stereocenters. The average Bonchev–Trinajstić information content (AvgIpc) is 3.01. The number of carbonyl (C=O) groups is 2. The number of hydrogen-bond acceptors (Lipinski definition) is 3. The minimum absolute atomic E-state index is 0.0666. The first-order valence-corrected chi connectivity index (χ1v) is 5.94. The summed E-state index contributed by atoms with van der Waals surface area (Å²) < 4.78 is 13.0. The summed E-state index contributed by atoms with van der Waals surface area (Å²) in [7, 11) is 1.57. The first-order chi connectivity index (χ1) is 8.04. The highest BCUT2D eigenvalue weighted by molar-refractivity contribution is 5.87. The van der Waals surface area contributed by atoms with Crippen molar-refractivity contribution in [2.45, 2.75) is 25.1 Å². The van der Waals surface area contributed by atoms with Crippen LogP contribution in [-0.2, 0) is 9.59 Å². The Kier molecular flexibility index (Phi) is 3.33. The minimum atomic E-state index is -0.930. The lowest BCUT2D eigenvalue weighted by atomic mass is 10.1. The maximum Gasteiger partial charge on any atom is 0.239 e. The first kappa shape index (κ1) is 12.3. The summed E-state index contributed by atoms with van der Waals surface area (Å²) in [6.45, 7) is 0.578. The van der Waals surface area contributed by atoms with Crippen LogP contribution < -0.4 is 11.1 Å². The Morgan fingerprint density at radius 1 is 1.53 bits per heavy atom. The molecule has 2 fully saturated rings. The molecule has 0 aromatic heterocycles. The second-order valence-electron chi connectivity index (χ2n) is 4.82. The van der Waals surface area contributed by atoms with Gasteiger partial charge in [0.05, 0.1) is 12.6 Å². The average molecular weight is 243 g/mol. The van der Waals surface area contributed by atoms with Gasteiger partial charge in [-0.3, -0.25) is 9.59 Å². The highest BCUT2D eigenvalue weighted by Crippen LogP contribution is 2.41. The SMILES string of the molecule is CNC(=O)[C@H]1C[C@@H]1[C@H](N)C(=O)N1CCC(F)C1. The van der Waals surface area contributed by atoms with E-state index in [9.17, 15) is 14.0 Å². The Hall–Kier alpha value is -1.17. The molecule has 0 bridgehead atoms. The molecule has 1 aliphatic heterocycles. The van der Waals surface area contributed by atoms with Gasteiger partial charge in [0.15, 0.2) is 0 Å². The van der Waals surface area contributed by atoms with E-state index in [4.69, 9.17) is 5.73 Å². The standard InChI is InChI=1S/C11H18FN3O2/c1-14-10(16)8-4-7(8)9(13)11(17)15-3-2-6(12)5-15/h6-9H,2-5,13H2,1H3,(H,14,16)/t6?,7-,8-,9-/m0/s1. The van der Waals surface area contributed by atoms with Crippen LogP contribution in [0.2, 0.25) is 0 Å². The van der Waals surface area contributed by atoms with Crippen LogP contribution in [0.5, 0.6) is 0 Å². The lowest BCUT2D eigenvalue weighted by Gasteiger charge is -2.20. The van der Waals surface area contributed by atoms with Gasteiger partial charge in [-0.1, -0.05) is 0 Å². The van der Waals surface area contributed by atoms with Crippen molar-refractivity contribution in [2.24, 2.45) is 17.6 Å². The predicted molar refractivity (Wildman–Crippen MR) is 59.7 cm³/mol. The number of amides is 2. The Labute approximate surface area is 99.5 Å². The highest BCUT2D eigenvalue weighted by Gasteiger charge is 2.49. The van der Waals surface area contributed by atoms with Gasteiger partial charge in [-0.15, -0.1) is 0 Å². The number of halogens is 1. The molecular formula is C11H18FN3O2. The van der Waals surface area contributed by atoms with Gasteiger partial charge in [0.25, 0.3) is 0 Å². The lowest BCUT2D eigenvalue weighted by Crippen LogP contribution is -2.45. The van der Waals surface area contributed by atoms with Gasteiger partial charge in [0.1, 0.15) is 6.17 Å². The fraction of sp³-hybridized carbons (Fsp3) is 0.818. The van der Waals surface area contributed by atoms with Gasteiger partial charge in [-0.05, 0) is 18.8 Å².